The minimum atomic E-state index is -0.424. The maximum Gasteiger partial charge on any atom is 0.0503 e. The van der Waals surface area contributed by atoms with E-state index in [4.69, 9.17) is 0 Å². The molecule has 0 aromatic heterocycles. The summed E-state index contributed by atoms with van der Waals surface area (Å²) >= 11 is 0. The Hall–Kier alpha value is -1.85. The third-order valence-electron chi connectivity index (χ3n) is 3.57. The molecule has 3 rings (SSSR count). The molecule has 2 heteroatoms. The molecule has 1 atom stereocenters. The second-order valence-electron chi connectivity index (χ2n) is 5.39. The molecule has 106 valence electrons. The first-order chi connectivity index (χ1) is 10.2. The molecule has 2 aromatic rings. The summed E-state index contributed by atoms with van der Waals surface area (Å²) in [5.74, 6) is 0. The highest BCUT2D eigenvalue weighted by molar-refractivity contribution is 7.67. The van der Waals surface area contributed by atoms with Crippen molar-refractivity contribution in [2.75, 3.05) is 0 Å². The molecule has 0 spiro atoms. The Balaban J connectivity index is 1.93. The highest BCUT2D eigenvalue weighted by atomic mass is 31.1. The zero-order chi connectivity index (χ0) is 14.7. The second kappa shape index (κ2) is 6.28. The topological polar surface area (TPSA) is 3.24 Å². The Morgan fingerprint density at radius 2 is 1.48 bits per heavy atom. The fraction of sp³-hybridized carbons (Fsp3) is 0.158. The zero-order valence-electron chi connectivity index (χ0n) is 12.5. The predicted molar refractivity (Wildman–Crippen MR) is 92.5 cm³/mol. The van der Waals surface area contributed by atoms with Crippen LogP contribution < -0.4 is 5.30 Å². The molecular weight excluding hydrogens is 273 g/mol. The predicted octanol–water partition coefficient (Wildman–Crippen LogP) is 5.03. The quantitative estimate of drug-likeness (QED) is 0.717. The van der Waals surface area contributed by atoms with Crippen LogP contribution in [0.4, 0.5) is 0 Å². The van der Waals surface area contributed by atoms with Crippen molar-refractivity contribution in [3.63, 3.8) is 0 Å². The van der Waals surface area contributed by atoms with Crippen LogP contribution in [0.15, 0.2) is 83.8 Å². The van der Waals surface area contributed by atoms with Crippen LogP contribution in [0.1, 0.15) is 19.4 Å². The van der Waals surface area contributed by atoms with E-state index in [1.807, 2.05) is 0 Å². The van der Waals surface area contributed by atoms with Crippen molar-refractivity contribution in [1.29, 1.82) is 0 Å². The van der Waals surface area contributed by atoms with Crippen molar-refractivity contribution < 1.29 is 0 Å². The number of hydrogen-bond donors (Lipinski definition) is 0. The van der Waals surface area contributed by atoms with Crippen molar-refractivity contribution in [2.24, 2.45) is 0 Å². The van der Waals surface area contributed by atoms with Gasteiger partial charge >= 0.3 is 0 Å². The second-order valence-corrected chi connectivity index (χ2v) is 7.75. The Bertz CT molecular complexity index is 658. The van der Waals surface area contributed by atoms with Gasteiger partial charge in [0.25, 0.3) is 0 Å². The van der Waals surface area contributed by atoms with Crippen LogP contribution in [0.3, 0.4) is 0 Å². The first kappa shape index (κ1) is 14.1. The van der Waals surface area contributed by atoms with Gasteiger partial charge in [-0.15, -0.1) is 0 Å². The van der Waals surface area contributed by atoms with Crippen LogP contribution >= 0.6 is 8.07 Å². The molecule has 0 aliphatic carbocycles. The van der Waals surface area contributed by atoms with Gasteiger partial charge in [-0.1, -0.05) is 66.7 Å². The SMILES string of the molecule is CC1=CN(Cc2ccccc2)P(c2ccccc2)C(C)=C1. The number of allylic oxidation sites excluding steroid dienone is 3. The average molecular weight is 293 g/mol. The largest absolute Gasteiger partial charge is 0.345 e. The molecular formula is C19H20NP. The van der Waals surface area contributed by atoms with Crippen LogP contribution in [0, 0.1) is 0 Å². The Morgan fingerprint density at radius 3 is 2.14 bits per heavy atom. The molecule has 0 amide bonds. The summed E-state index contributed by atoms with van der Waals surface area (Å²) in [4.78, 5) is 0. The standard InChI is InChI=1S/C19H20NP/c1-16-13-17(2)21(19-11-7-4-8-12-19)20(14-16)15-18-9-5-3-6-10-18/h3-14H,15H2,1-2H3. The van der Waals surface area contributed by atoms with E-state index < -0.39 is 8.07 Å². The van der Waals surface area contributed by atoms with Crippen molar-refractivity contribution in [3.05, 3.63) is 89.4 Å². The van der Waals surface area contributed by atoms with Gasteiger partial charge < -0.3 is 4.67 Å². The smallest absolute Gasteiger partial charge is 0.0503 e. The van der Waals surface area contributed by atoms with E-state index in [0.717, 1.165) is 6.54 Å². The summed E-state index contributed by atoms with van der Waals surface area (Å²) < 4.78 is 2.50. The number of benzene rings is 2. The van der Waals surface area contributed by atoms with Crippen molar-refractivity contribution in [1.82, 2.24) is 4.67 Å². The van der Waals surface area contributed by atoms with Gasteiger partial charge in [-0.3, -0.25) is 0 Å². The molecule has 0 saturated heterocycles. The van der Waals surface area contributed by atoms with Gasteiger partial charge in [0.15, 0.2) is 0 Å². The molecule has 1 aliphatic rings. The Kier molecular flexibility index (Phi) is 4.22. The molecule has 0 saturated carbocycles. The maximum atomic E-state index is 2.50. The zero-order valence-corrected chi connectivity index (χ0v) is 13.4. The van der Waals surface area contributed by atoms with Gasteiger partial charge in [0.05, 0.1) is 8.07 Å². The van der Waals surface area contributed by atoms with Crippen LogP contribution in [0.25, 0.3) is 0 Å². The number of rotatable bonds is 3. The minimum Gasteiger partial charge on any atom is -0.345 e. The fourth-order valence-electron chi connectivity index (χ4n) is 2.73. The maximum absolute atomic E-state index is 2.50. The van der Waals surface area contributed by atoms with E-state index in [1.165, 1.54) is 21.8 Å². The molecule has 1 heterocycles. The summed E-state index contributed by atoms with van der Waals surface area (Å²) in [6.45, 7) is 5.40. The van der Waals surface area contributed by atoms with Gasteiger partial charge in [0.1, 0.15) is 0 Å². The third kappa shape index (κ3) is 3.25. The third-order valence-corrected chi connectivity index (χ3v) is 5.92. The molecule has 0 radical (unpaired) electrons. The molecule has 2 aromatic carbocycles. The van der Waals surface area contributed by atoms with Gasteiger partial charge in [-0.2, -0.15) is 0 Å². The van der Waals surface area contributed by atoms with E-state index in [9.17, 15) is 0 Å². The highest BCUT2D eigenvalue weighted by Gasteiger charge is 2.23. The summed E-state index contributed by atoms with van der Waals surface area (Å²) in [7, 11) is -0.424. The lowest BCUT2D eigenvalue weighted by Gasteiger charge is -2.35. The van der Waals surface area contributed by atoms with Crippen LogP contribution in [0.5, 0.6) is 0 Å². The van der Waals surface area contributed by atoms with Crippen LogP contribution in [-0.2, 0) is 6.54 Å². The summed E-state index contributed by atoms with van der Waals surface area (Å²) in [5.41, 5.74) is 2.69. The normalized spacial score (nSPS) is 18.2. The van der Waals surface area contributed by atoms with E-state index in [0.29, 0.717) is 0 Å². The van der Waals surface area contributed by atoms with Crippen LogP contribution in [-0.4, -0.2) is 4.67 Å². The molecule has 0 bridgehead atoms. The molecule has 0 N–H and O–H groups in total. The van der Waals surface area contributed by atoms with Crippen molar-refractivity contribution >= 4 is 13.4 Å². The van der Waals surface area contributed by atoms with E-state index in [1.54, 1.807) is 0 Å². The first-order valence-electron chi connectivity index (χ1n) is 7.26. The average Bonchev–Trinajstić information content (AvgIpc) is 2.48. The van der Waals surface area contributed by atoms with Gasteiger partial charge in [-0.25, -0.2) is 0 Å². The van der Waals surface area contributed by atoms with E-state index in [-0.39, 0.29) is 0 Å². The van der Waals surface area contributed by atoms with E-state index in [2.05, 4.69) is 91.5 Å². The molecule has 1 nitrogen and oxygen atoms in total. The van der Waals surface area contributed by atoms with Crippen LogP contribution in [0.2, 0.25) is 0 Å². The number of hydrogen-bond acceptors (Lipinski definition) is 1. The molecule has 21 heavy (non-hydrogen) atoms. The van der Waals surface area contributed by atoms with Gasteiger partial charge in [0.2, 0.25) is 0 Å². The lowest BCUT2D eigenvalue weighted by Crippen LogP contribution is -2.20. The lowest BCUT2D eigenvalue weighted by atomic mass is 10.2. The Labute approximate surface area is 128 Å². The first-order valence-corrected chi connectivity index (χ1v) is 8.56. The van der Waals surface area contributed by atoms with E-state index >= 15 is 0 Å². The van der Waals surface area contributed by atoms with Crippen molar-refractivity contribution in [3.8, 4) is 0 Å². The lowest BCUT2D eigenvalue weighted by molar-refractivity contribution is 0.598. The number of nitrogens with zero attached hydrogens (tertiary/aromatic N) is 1. The van der Waals surface area contributed by atoms with Gasteiger partial charge in [0, 0.05) is 18.0 Å². The fourth-order valence-corrected chi connectivity index (χ4v) is 5.22. The molecule has 1 unspecified atom stereocenters. The minimum absolute atomic E-state index is 0.424. The summed E-state index contributed by atoms with van der Waals surface area (Å²) in [6.07, 6.45) is 4.62. The molecule has 1 aliphatic heterocycles. The highest BCUT2D eigenvalue weighted by Crippen LogP contribution is 2.51. The summed E-state index contributed by atoms with van der Waals surface area (Å²) in [6, 6.07) is 21.6. The Morgan fingerprint density at radius 1 is 0.857 bits per heavy atom. The summed E-state index contributed by atoms with van der Waals surface area (Å²) in [5, 5.41) is 2.88. The van der Waals surface area contributed by atoms with Crippen molar-refractivity contribution in [2.45, 2.75) is 20.4 Å². The van der Waals surface area contributed by atoms with Gasteiger partial charge in [-0.05, 0) is 30.3 Å². The molecule has 0 fully saturated rings. The monoisotopic (exact) mass is 293 g/mol.